The van der Waals surface area contributed by atoms with Crippen LogP contribution in [0.5, 0.6) is 0 Å². The third kappa shape index (κ3) is 2.08. The van der Waals surface area contributed by atoms with Gasteiger partial charge in [-0.2, -0.15) is 0 Å². The topological polar surface area (TPSA) is 33.2 Å². The minimum atomic E-state index is 0.248. The maximum absolute atomic E-state index is 12.1. The molecule has 1 aromatic heterocycles. The van der Waals surface area contributed by atoms with Crippen molar-refractivity contribution in [2.45, 2.75) is 26.7 Å². The van der Waals surface area contributed by atoms with E-state index >= 15 is 0 Å². The van der Waals surface area contributed by atoms with Crippen LogP contribution in [-0.2, 0) is 4.79 Å². The molecule has 0 spiro atoms. The zero-order valence-electron chi connectivity index (χ0n) is 10.1. The van der Waals surface area contributed by atoms with Gasteiger partial charge in [0.05, 0.1) is 0 Å². The highest BCUT2D eigenvalue weighted by Crippen LogP contribution is 2.42. The third-order valence-electron chi connectivity index (χ3n) is 3.36. The number of pyridine rings is 1. The number of carbonyl (C=O) groups excluding carboxylic acids is 1. The molecule has 0 bridgehead atoms. The summed E-state index contributed by atoms with van der Waals surface area (Å²) in [7, 11) is 1.85. The van der Waals surface area contributed by atoms with E-state index in [4.69, 9.17) is 0 Å². The lowest BCUT2D eigenvalue weighted by Gasteiger charge is -2.17. The Bertz CT molecular complexity index is 403. The number of amides is 1. The van der Waals surface area contributed by atoms with Crippen LogP contribution in [0.1, 0.15) is 25.5 Å². The molecule has 0 aliphatic heterocycles. The van der Waals surface area contributed by atoms with E-state index in [-0.39, 0.29) is 11.8 Å². The molecule has 0 radical (unpaired) electrons. The highest BCUT2D eigenvalue weighted by atomic mass is 16.2. The highest BCUT2D eigenvalue weighted by Gasteiger charge is 2.42. The molecule has 2 rings (SSSR count). The first-order valence-corrected chi connectivity index (χ1v) is 5.83. The number of aryl methyl sites for hydroxylation is 1. The number of nitrogens with zero attached hydrogens (tertiary/aromatic N) is 2. The van der Waals surface area contributed by atoms with E-state index in [2.05, 4.69) is 11.9 Å². The molecule has 0 aromatic carbocycles. The molecule has 0 unspecified atom stereocenters. The minimum absolute atomic E-state index is 0.248. The summed E-state index contributed by atoms with van der Waals surface area (Å²) in [6, 6.07) is 3.83. The first-order valence-electron chi connectivity index (χ1n) is 5.83. The van der Waals surface area contributed by atoms with Crippen LogP contribution in [-0.4, -0.2) is 17.9 Å². The van der Waals surface area contributed by atoms with Gasteiger partial charge < -0.3 is 4.90 Å². The molecule has 16 heavy (non-hydrogen) atoms. The molecule has 3 nitrogen and oxygen atoms in total. The predicted molar refractivity (Wildman–Crippen MR) is 64.3 cm³/mol. The number of carbonyl (C=O) groups is 1. The van der Waals surface area contributed by atoms with Crippen molar-refractivity contribution < 1.29 is 4.79 Å². The van der Waals surface area contributed by atoms with Crippen LogP contribution in [0.15, 0.2) is 18.3 Å². The van der Waals surface area contributed by atoms with E-state index in [1.54, 1.807) is 11.1 Å². The summed E-state index contributed by atoms with van der Waals surface area (Å²) in [6.45, 7) is 4.09. The molecule has 0 N–H and O–H groups in total. The van der Waals surface area contributed by atoms with Crippen molar-refractivity contribution in [3.63, 3.8) is 0 Å². The second-order valence-corrected chi connectivity index (χ2v) is 4.56. The lowest BCUT2D eigenvalue weighted by molar-refractivity contribution is -0.119. The average Bonchev–Trinajstić information content (AvgIpc) is 3.06. The van der Waals surface area contributed by atoms with Crippen molar-refractivity contribution in [3.05, 3.63) is 24.0 Å². The van der Waals surface area contributed by atoms with E-state index in [0.717, 1.165) is 24.2 Å². The van der Waals surface area contributed by atoms with Crippen LogP contribution in [0.4, 0.5) is 5.69 Å². The van der Waals surface area contributed by atoms with Crippen LogP contribution in [0.3, 0.4) is 0 Å². The third-order valence-corrected chi connectivity index (χ3v) is 3.36. The van der Waals surface area contributed by atoms with Gasteiger partial charge >= 0.3 is 0 Å². The SMILES string of the molecule is CC[C@@H]1C[C@H]1C(=O)N(C)c1ccnc(C)c1. The molecule has 1 saturated carbocycles. The first-order chi connectivity index (χ1) is 7.63. The molecule has 1 aliphatic carbocycles. The monoisotopic (exact) mass is 218 g/mol. The Labute approximate surface area is 96.5 Å². The van der Waals surface area contributed by atoms with Crippen molar-refractivity contribution in [2.24, 2.45) is 11.8 Å². The lowest BCUT2D eigenvalue weighted by atomic mass is 10.2. The zero-order chi connectivity index (χ0) is 11.7. The largest absolute Gasteiger partial charge is 0.315 e. The Hall–Kier alpha value is -1.38. The van der Waals surface area contributed by atoms with Gasteiger partial charge in [-0.1, -0.05) is 13.3 Å². The summed E-state index contributed by atoms with van der Waals surface area (Å²) < 4.78 is 0. The van der Waals surface area contributed by atoms with Crippen LogP contribution in [0.25, 0.3) is 0 Å². The summed E-state index contributed by atoms with van der Waals surface area (Å²) in [6.07, 6.45) is 3.92. The van der Waals surface area contributed by atoms with Crippen molar-refractivity contribution >= 4 is 11.6 Å². The lowest BCUT2D eigenvalue weighted by Crippen LogP contribution is -2.28. The fourth-order valence-electron chi connectivity index (χ4n) is 2.12. The van der Waals surface area contributed by atoms with Gasteiger partial charge in [-0.05, 0) is 31.4 Å². The quantitative estimate of drug-likeness (QED) is 0.780. The maximum atomic E-state index is 12.1. The molecule has 1 fully saturated rings. The van der Waals surface area contributed by atoms with E-state index in [9.17, 15) is 4.79 Å². The number of rotatable bonds is 3. The first kappa shape index (κ1) is 11.1. The second kappa shape index (κ2) is 4.24. The zero-order valence-corrected chi connectivity index (χ0v) is 10.1. The van der Waals surface area contributed by atoms with Gasteiger partial charge in [-0.15, -0.1) is 0 Å². The van der Waals surface area contributed by atoms with Gasteiger partial charge in [0.25, 0.3) is 0 Å². The number of anilines is 1. The minimum Gasteiger partial charge on any atom is -0.315 e. The Morgan fingerprint density at radius 3 is 2.94 bits per heavy atom. The normalized spacial score (nSPS) is 22.9. The molecule has 1 heterocycles. The molecule has 86 valence electrons. The van der Waals surface area contributed by atoms with Crippen LogP contribution in [0.2, 0.25) is 0 Å². The number of aromatic nitrogens is 1. The fourth-order valence-corrected chi connectivity index (χ4v) is 2.12. The van der Waals surface area contributed by atoms with Crippen LogP contribution < -0.4 is 4.90 Å². The fraction of sp³-hybridized carbons (Fsp3) is 0.538. The molecule has 3 heteroatoms. The van der Waals surface area contributed by atoms with E-state index < -0.39 is 0 Å². The van der Waals surface area contributed by atoms with Gasteiger partial charge in [0.1, 0.15) is 0 Å². The molecular formula is C13H18N2O. The van der Waals surface area contributed by atoms with Gasteiger partial charge in [0, 0.05) is 30.5 Å². The van der Waals surface area contributed by atoms with Crippen molar-refractivity contribution in [3.8, 4) is 0 Å². The second-order valence-electron chi connectivity index (χ2n) is 4.56. The van der Waals surface area contributed by atoms with Crippen molar-refractivity contribution in [1.82, 2.24) is 4.98 Å². The van der Waals surface area contributed by atoms with Crippen LogP contribution >= 0.6 is 0 Å². The maximum Gasteiger partial charge on any atom is 0.230 e. The number of hydrogen-bond acceptors (Lipinski definition) is 2. The Morgan fingerprint density at radius 1 is 1.62 bits per heavy atom. The average molecular weight is 218 g/mol. The van der Waals surface area contributed by atoms with E-state index in [0.29, 0.717) is 5.92 Å². The molecule has 1 aliphatic rings. The summed E-state index contributed by atoms with van der Waals surface area (Å²) in [5.41, 5.74) is 1.89. The molecule has 0 saturated heterocycles. The molecule has 1 aromatic rings. The van der Waals surface area contributed by atoms with Gasteiger partial charge in [0.15, 0.2) is 0 Å². The predicted octanol–water partition coefficient (Wildman–Crippen LogP) is 2.40. The smallest absolute Gasteiger partial charge is 0.230 e. The van der Waals surface area contributed by atoms with Gasteiger partial charge in [0.2, 0.25) is 5.91 Å². The Kier molecular flexibility index (Phi) is 2.95. The summed E-state index contributed by atoms with van der Waals surface area (Å²) in [5.74, 6) is 1.11. The van der Waals surface area contributed by atoms with E-state index in [1.807, 2.05) is 26.1 Å². The summed E-state index contributed by atoms with van der Waals surface area (Å²) in [5, 5.41) is 0. The molecule has 2 atom stereocenters. The Balaban J connectivity index is 2.08. The molecular weight excluding hydrogens is 200 g/mol. The summed E-state index contributed by atoms with van der Waals surface area (Å²) in [4.78, 5) is 18.0. The highest BCUT2D eigenvalue weighted by molar-refractivity contribution is 5.96. The standard InChI is InChI=1S/C13H18N2O/c1-4-10-8-12(10)13(16)15(3)11-5-6-14-9(2)7-11/h5-7,10,12H,4,8H2,1-3H3/t10-,12-/m1/s1. The summed E-state index contributed by atoms with van der Waals surface area (Å²) >= 11 is 0. The van der Waals surface area contributed by atoms with Crippen LogP contribution in [0, 0.1) is 18.8 Å². The van der Waals surface area contributed by atoms with Gasteiger partial charge in [-0.3, -0.25) is 9.78 Å². The van der Waals surface area contributed by atoms with Crippen molar-refractivity contribution in [1.29, 1.82) is 0 Å². The van der Waals surface area contributed by atoms with Gasteiger partial charge in [-0.25, -0.2) is 0 Å². The molecule has 1 amide bonds. The Morgan fingerprint density at radius 2 is 2.38 bits per heavy atom. The van der Waals surface area contributed by atoms with E-state index in [1.165, 1.54) is 0 Å². The van der Waals surface area contributed by atoms with Crippen molar-refractivity contribution in [2.75, 3.05) is 11.9 Å². The number of hydrogen-bond donors (Lipinski definition) is 0.